The molecule has 2 rings (SSSR count). The lowest BCUT2D eigenvalue weighted by Gasteiger charge is -2.04. The highest BCUT2D eigenvalue weighted by Crippen LogP contribution is 2.11. The second kappa shape index (κ2) is 6.30. The van der Waals surface area contributed by atoms with Gasteiger partial charge >= 0.3 is 0 Å². The van der Waals surface area contributed by atoms with E-state index in [0.29, 0.717) is 6.04 Å². The Balaban J connectivity index is 0.00000144. The van der Waals surface area contributed by atoms with Crippen LogP contribution in [0.25, 0.3) is 0 Å². The predicted molar refractivity (Wildman–Crippen MR) is 73.6 cm³/mol. The fourth-order valence-corrected chi connectivity index (χ4v) is 1.51. The van der Waals surface area contributed by atoms with E-state index < -0.39 is 0 Å². The molecule has 1 aromatic heterocycles. The molecule has 1 N–H and O–H groups in total. The van der Waals surface area contributed by atoms with Crippen LogP contribution < -0.4 is 5.32 Å². The molecule has 0 fully saturated rings. The molecule has 0 unspecified atom stereocenters. The van der Waals surface area contributed by atoms with Gasteiger partial charge in [-0.25, -0.2) is 0 Å². The van der Waals surface area contributed by atoms with Gasteiger partial charge in [0.15, 0.2) is 0 Å². The third kappa shape index (κ3) is 3.79. The van der Waals surface area contributed by atoms with Crippen LogP contribution in [-0.2, 0) is 6.54 Å². The topological polar surface area (TPSA) is 29.9 Å². The van der Waals surface area contributed by atoms with E-state index >= 15 is 0 Å². The summed E-state index contributed by atoms with van der Waals surface area (Å²) >= 11 is 0. The maximum Gasteiger partial charge on any atom is 0.0729 e. The van der Waals surface area contributed by atoms with Gasteiger partial charge in [0, 0.05) is 18.8 Å². The minimum Gasteiger partial charge on any atom is -0.378 e. The number of hydrogen-bond acceptors (Lipinski definition) is 2. The van der Waals surface area contributed by atoms with E-state index in [-0.39, 0.29) is 12.4 Å². The summed E-state index contributed by atoms with van der Waals surface area (Å²) in [5.41, 5.74) is 2.34. The maximum atomic E-state index is 4.28. The van der Waals surface area contributed by atoms with Crippen molar-refractivity contribution in [3.8, 4) is 0 Å². The number of nitrogens with one attached hydrogen (secondary N) is 1. The van der Waals surface area contributed by atoms with Crippen molar-refractivity contribution in [1.29, 1.82) is 0 Å². The Hall–Kier alpha value is -1.48. The number of benzene rings is 1. The highest BCUT2D eigenvalue weighted by Gasteiger charge is 2.00. The summed E-state index contributed by atoms with van der Waals surface area (Å²) in [4.78, 5) is 0. The van der Waals surface area contributed by atoms with E-state index in [2.05, 4.69) is 48.5 Å². The van der Waals surface area contributed by atoms with E-state index in [1.807, 2.05) is 23.1 Å². The van der Waals surface area contributed by atoms with Gasteiger partial charge in [-0.1, -0.05) is 30.3 Å². The fourth-order valence-electron chi connectivity index (χ4n) is 1.51. The van der Waals surface area contributed by atoms with Crippen molar-refractivity contribution < 1.29 is 0 Å². The van der Waals surface area contributed by atoms with Crippen molar-refractivity contribution in [2.24, 2.45) is 0 Å². The molecular weight excluding hydrogens is 234 g/mol. The molecular formula is C13H18ClN3. The molecule has 0 bridgehead atoms. The highest BCUT2D eigenvalue weighted by atomic mass is 35.5. The van der Waals surface area contributed by atoms with Crippen molar-refractivity contribution in [2.45, 2.75) is 26.4 Å². The van der Waals surface area contributed by atoms with E-state index in [1.165, 1.54) is 5.56 Å². The van der Waals surface area contributed by atoms with Crippen molar-refractivity contribution >= 4 is 18.1 Å². The number of nitrogens with zero attached hydrogens (tertiary/aromatic N) is 2. The van der Waals surface area contributed by atoms with Gasteiger partial charge in [-0.2, -0.15) is 5.10 Å². The molecule has 0 radical (unpaired) electrons. The van der Waals surface area contributed by atoms with Gasteiger partial charge in [0.2, 0.25) is 0 Å². The molecule has 17 heavy (non-hydrogen) atoms. The van der Waals surface area contributed by atoms with Gasteiger partial charge in [0.05, 0.1) is 11.9 Å². The summed E-state index contributed by atoms with van der Waals surface area (Å²) in [5.74, 6) is 0. The van der Waals surface area contributed by atoms with Crippen LogP contribution in [-0.4, -0.2) is 9.78 Å². The molecule has 2 aromatic rings. The van der Waals surface area contributed by atoms with Gasteiger partial charge in [-0.3, -0.25) is 4.68 Å². The number of anilines is 1. The van der Waals surface area contributed by atoms with Crippen LogP contribution in [0.4, 0.5) is 5.69 Å². The quantitative estimate of drug-likeness (QED) is 0.902. The lowest BCUT2D eigenvalue weighted by atomic mass is 10.2. The molecule has 92 valence electrons. The van der Waals surface area contributed by atoms with Crippen molar-refractivity contribution in [3.63, 3.8) is 0 Å². The number of halogens is 1. The van der Waals surface area contributed by atoms with E-state index in [9.17, 15) is 0 Å². The van der Waals surface area contributed by atoms with Gasteiger partial charge in [-0.15, -0.1) is 12.4 Å². The molecule has 4 heteroatoms. The summed E-state index contributed by atoms with van der Waals surface area (Å²) in [5, 5.41) is 7.64. The van der Waals surface area contributed by atoms with Crippen LogP contribution in [0, 0.1) is 0 Å². The minimum absolute atomic E-state index is 0. The average molecular weight is 252 g/mol. The minimum atomic E-state index is 0. The Labute approximate surface area is 108 Å². The van der Waals surface area contributed by atoms with Crippen LogP contribution >= 0.6 is 12.4 Å². The first-order valence-corrected chi connectivity index (χ1v) is 5.57. The Kier molecular flexibility index (Phi) is 5.04. The maximum absolute atomic E-state index is 4.28. The molecule has 0 aliphatic carbocycles. The third-order valence-electron chi connectivity index (χ3n) is 2.47. The summed E-state index contributed by atoms with van der Waals surface area (Å²) in [6.45, 7) is 5.08. The monoisotopic (exact) mass is 251 g/mol. The van der Waals surface area contributed by atoms with Crippen molar-refractivity contribution in [3.05, 3.63) is 48.3 Å². The smallest absolute Gasteiger partial charge is 0.0729 e. The molecule has 0 amide bonds. The van der Waals surface area contributed by atoms with Gasteiger partial charge < -0.3 is 5.32 Å². The molecule has 0 spiro atoms. The molecule has 0 aliphatic rings. The Bertz CT molecular complexity index is 437. The molecule has 1 heterocycles. The lowest BCUT2D eigenvalue weighted by Crippen LogP contribution is -2.01. The van der Waals surface area contributed by atoms with Gasteiger partial charge in [0.1, 0.15) is 0 Å². The zero-order chi connectivity index (χ0) is 11.4. The van der Waals surface area contributed by atoms with Gasteiger partial charge in [0.25, 0.3) is 0 Å². The van der Waals surface area contributed by atoms with Crippen LogP contribution in [0.3, 0.4) is 0 Å². The van der Waals surface area contributed by atoms with Crippen LogP contribution in [0.5, 0.6) is 0 Å². The standard InChI is InChI=1S/C13H17N3.ClH/c1-11(2)16-10-13(9-15-16)14-8-12-6-4-3-5-7-12;/h3-7,9-11,14H,8H2,1-2H3;1H. The predicted octanol–water partition coefficient (Wildman–Crippen LogP) is 3.50. The number of hydrogen-bond donors (Lipinski definition) is 1. The molecule has 0 saturated carbocycles. The second-order valence-corrected chi connectivity index (χ2v) is 4.14. The zero-order valence-corrected chi connectivity index (χ0v) is 10.9. The van der Waals surface area contributed by atoms with E-state index in [4.69, 9.17) is 0 Å². The first-order valence-electron chi connectivity index (χ1n) is 5.57. The largest absolute Gasteiger partial charge is 0.378 e. The summed E-state index contributed by atoms with van der Waals surface area (Å²) in [6, 6.07) is 10.8. The fraction of sp³-hybridized carbons (Fsp3) is 0.308. The first kappa shape index (κ1) is 13.6. The highest BCUT2D eigenvalue weighted by molar-refractivity contribution is 5.85. The molecule has 3 nitrogen and oxygen atoms in total. The lowest BCUT2D eigenvalue weighted by molar-refractivity contribution is 0.532. The normalized spacial score (nSPS) is 10.1. The Morgan fingerprint density at radius 1 is 1.24 bits per heavy atom. The first-order chi connectivity index (χ1) is 7.75. The van der Waals surface area contributed by atoms with Crippen LogP contribution in [0.1, 0.15) is 25.5 Å². The molecule has 0 atom stereocenters. The zero-order valence-electron chi connectivity index (χ0n) is 10.1. The molecule has 1 aromatic carbocycles. The number of aromatic nitrogens is 2. The summed E-state index contributed by atoms with van der Waals surface area (Å²) < 4.78 is 1.95. The average Bonchev–Trinajstić information content (AvgIpc) is 2.76. The van der Waals surface area contributed by atoms with E-state index in [0.717, 1.165) is 12.2 Å². The van der Waals surface area contributed by atoms with Crippen molar-refractivity contribution in [1.82, 2.24) is 9.78 Å². The second-order valence-electron chi connectivity index (χ2n) is 4.14. The third-order valence-corrected chi connectivity index (χ3v) is 2.47. The van der Waals surface area contributed by atoms with Gasteiger partial charge in [-0.05, 0) is 19.4 Å². The Morgan fingerprint density at radius 3 is 2.53 bits per heavy atom. The summed E-state index contributed by atoms with van der Waals surface area (Å²) in [7, 11) is 0. The van der Waals surface area contributed by atoms with E-state index in [1.54, 1.807) is 0 Å². The Morgan fingerprint density at radius 2 is 1.94 bits per heavy atom. The molecule has 0 saturated heterocycles. The van der Waals surface area contributed by atoms with Crippen LogP contribution in [0.15, 0.2) is 42.7 Å². The number of rotatable bonds is 4. The summed E-state index contributed by atoms with van der Waals surface area (Å²) in [6.07, 6.45) is 3.90. The SMILES string of the molecule is CC(C)n1cc(NCc2ccccc2)cn1.Cl. The molecule has 0 aliphatic heterocycles. The van der Waals surface area contributed by atoms with Crippen LogP contribution in [0.2, 0.25) is 0 Å². The van der Waals surface area contributed by atoms with Crippen molar-refractivity contribution in [2.75, 3.05) is 5.32 Å².